The number of ether oxygens (including phenoxy) is 1. The number of aromatic nitrogens is 2. The summed E-state index contributed by atoms with van der Waals surface area (Å²) in [7, 11) is 0. The number of aryl methyl sites for hydroxylation is 1. The minimum absolute atomic E-state index is 0.581. The number of nitrogens with two attached hydrogens (primary N) is 1. The standard InChI is InChI=1S/C12H17N3OS/c1-3-8-7-9-11(13)14-10(5-6-16-4-2)15-12(9)17-8/h7H,3-6H2,1-2H3,(H2,13,14,15). The van der Waals surface area contributed by atoms with Crippen molar-refractivity contribution in [1.29, 1.82) is 0 Å². The Kier molecular flexibility index (Phi) is 3.91. The number of anilines is 1. The average Bonchev–Trinajstić information content (AvgIpc) is 2.73. The smallest absolute Gasteiger partial charge is 0.135 e. The third-order valence-corrected chi connectivity index (χ3v) is 3.72. The second-order valence-electron chi connectivity index (χ2n) is 3.76. The van der Waals surface area contributed by atoms with Crippen LogP contribution in [0.1, 0.15) is 24.5 Å². The van der Waals surface area contributed by atoms with Gasteiger partial charge < -0.3 is 10.5 Å². The van der Waals surface area contributed by atoms with Crippen molar-refractivity contribution in [3.63, 3.8) is 0 Å². The topological polar surface area (TPSA) is 61.0 Å². The number of hydrogen-bond donors (Lipinski definition) is 1. The lowest BCUT2D eigenvalue weighted by Crippen LogP contribution is -2.04. The average molecular weight is 251 g/mol. The fourth-order valence-corrected chi connectivity index (χ4v) is 2.63. The van der Waals surface area contributed by atoms with Gasteiger partial charge in [0, 0.05) is 17.9 Å². The maximum atomic E-state index is 5.94. The fraction of sp³-hybridized carbons (Fsp3) is 0.500. The first-order chi connectivity index (χ1) is 8.24. The number of rotatable bonds is 5. The molecule has 2 aromatic heterocycles. The molecule has 0 aliphatic rings. The SMILES string of the molecule is CCOCCc1nc(N)c2cc(CC)sc2n1. The summed E-state index contributed by atoms with van der Waals surface area (Å²) in [6, 6.07) is 2.08. The molecule has 5 heteroatoms. The first-order valence-corrected chi connectivity index (χ1v) is 6.68. The maximum Gasteiger partial charge on any atom is 0.135 e. The predicted molar refractivity (Wildman–Crippen MR) is 71.4 cm³/mol. The second kappa shape index (κ2) is 5.42. The monoisotopic (exact) mass is 251 g/mol. The summed E-state index contributed by atoms with van der Waals surface area (Å²) in [5, 5.41) is 0.979. The highest BCUT2D eigenvalue weighted by molar-refractivity contribution is 7.18. The van der Waals surface area contributed by atoms with E-state index in [4.69, 9.17) is 10.5 Å². The molecule has 17 heavy (non-hydrogen) atoms. The summed E-state index contributed by atoms with van der Waals surface area (Å²) >= 11 is 1.69. The van der Waals surface area contributed by atoms with Crippen LogP contribution in [-0.2, 0) is 17.6 Å². The molecule has 2 aromatic rings. The molecular formula is C12H17N3OS. The highest BCUT2D eigenvalue weighted by Crippen LogP contribution is 2.27. The molecule has 0 aliphatic heterocycles. The first kappa shape index (κ1) is 12.3. The highest BCUT2D eigenvalue weighted by atomic mass is 32.1. The van der Waals surface area contributed by atoms with Crippen molar-refractivity contribution in [2.24, 2.45) is 0 Å². The van der Waals surface area contributed by atoms with Crippen LogP contribution in [0.25, 0.3) is 10.2 Å². The maximum absolute atomic E-state index is 5.94. The van der Waals surface area contributed by atoms with Crippen LogP contribution in [-0.4, -0.2) is 23.2 Å². The van der Waals surface area contributed by atoms with E-state index in [2.05, 4.69) is 23.0 Å². The lowest BCUT2D eigenvalue weighted by atomic mass is 10.3. The van der Waals surface area contributed by atoms with Gasteiger partial charge in [0.2, 0.25) is 0 Å². The van der Waals surface area contributed by atoms with Crippen LogP contribution in [0.5, 0.6) is 0 Å². The molecule has 0 atom stereocenters. The van der Waals surface area contributed by atoms with Gasteiger partial charge in [-0.05, 0) is 19.4 Å². The molecule has 0 spiro atoms. The molecule has 2 N–H and O–H groups in total. The molecule has 0 aliphatic carbocycles. The van der Waals surface area contributed by atoms with E-state index >= 15 is 0 Å². The van der Waals surface area contributed by atoms with E-state index in [9.17, 15) is 0 Å². The molecule has 0 amide bonds. The Morgan fingerprint density at radius 2 is 2.18 bits per heavy atom. The van der Waals surface area contributed by atoms with Gasteiger partial charge in [-0.15, -0.1) is 11.3 Å². The van der Waals surface area contributed by atoms with Crippen LogP contribution < -0.4 is 5.73 Å². The zero-order valence-corrected chi connectivity index (χ0v) is 11.0. The minimum Gasteiger partial charge on any atom is -0.383 e. The number of fused-ring (bicyclic) bond motifs is 1. The molecule has 0 fully saturated rings. The van der Waals surface area contributed by atoms with Crippen LogP contribution in [0.15, 0.2) is 6.07 Å². The quantitative estimate of drug-likeness (QED) is 0.829. The molecule has 0 aromatic carbocycles. The summed E-state index contributed by atoms with van der Waals surface area (Å²) in [6.45, 7) is 5.47. The van der Waals surface area contributed by atoms with Gasteiger partial charge in [-0.25, -0.2) is 9.97 Å². The second-order valence-corrected chi connectivity index (χ2v) is 4.87. The zero-order chi connectivity index (χ0) is 12.3. The van der Waals surface area contributed by atoms with Crippen LogP contribution >= 0.6 is 11.3 Å². The van der Waals surface area contributed by atoms with Gasteiger partial charge >= 0.3 is 0 Å². The van der Waals surface area contributed by atoms with Gasteiger partial charge in [-0.3, -0.25) is 0 Å². The van der Waals surface area contributed by atoms with Gasteiger partial charge in [0.25, 0.3) is 0 Å². The number of nitrogen functional groups attached to an aromatic ring is 1. The van der Waals surface area contributed by atoms with Crippen LogP contribution in [0, 0.1) is 0 Å². The van der Waals surface area contributed by atoms with Crippen molar-refractivity contribution in [2.45, 2.75) is 26.7 Å². The number of hydrogen-bond acceptors (Lipinski definition) is 5. The Morgan fingerprint density at radius 3 is 2.88 bits per heavy atom. The van der Waals surface area contributed by atoms with Crippen molar-refractivity contribution in [3.05, 3.63) is 16.8 Å². The van der Waals surface area contributed by atoms with Crippen LogP contribution in [0.4, 0.5) is 5.82 Å². The summed E-state index contributed by atoms with van der Waals surface area (Å²) in [5.41, 5.74) is 5.94. The molecule has 0 saturated heterocycles. The van der Waals surface area contributed by atoms with E-state index in [0.29, 0.717) is 18.8 Å². The fourth-order valence-electron chi connectivity index (χ4n) is 1.63. The first-order valence-electron chi connectivity index (χ1n) is 5.87. The Bertz CT molecular complexity index is 510. The summed E-state index contributed by atoms with van der Waals surface area (Å²) in [5.74, 6) is 1.35. The van der Waals surface area contributed by atoms with Crippen molar-refractivity contribution in [2.75, 3.05) is 18.9 Å². The number of thiophene rings is 1. The predicted octanol–water partition coefficient (Wildman–Crippen LogP) is 2.41. The normalized spacial score (nSPS) is 11.2. The van der Waals surface area contributed by atoms with Gasteiger partial charge in [0.05, 0.1) is 12.0 Å². The molecule has 0 unspecified atom stereocenters. The van der Waals surface area contributed by atoms with Gasteiger partial charge in [-0.1, -0.05) is 6.92 Å². The minimum atomic E-state index is 0.581. The molecule has 2 rings (SSSR count). The van der Waals surface area contributed by atoms with E-state index < -0.39 is 0 Å². The Labute approximate surface area is 105 Å². The van der Waals surface area contributed by atoms with E-state index in [-0.39, 0.29) is 0 Å². The van der Waals surface area contributed by atoms with Gasteiger partial charge in [0.1, 0.15) is 16.5 Å². The van der Waals surface area contributed by atoms with E-state index in [1.807, 2.05) is 6.92 Å². The molecule has 0 bridgehead atoms. The van der Waals surface area contributed by atoms with Crippen LogP contribution in [0.2, 0.25) is 0 Å². The summed E-state index contributed by atoms with van der Waals surface area (Å²) in [4.78, 5) is 11.1. The van der Waals surface area contributed by atoms with E-state index in [0.717, 1.165) is 29.1 Å². The lowest BCUT2D eigenvalue weighted by molar-refractivity contribution is 0.149. The largest absolute Gasteiger partial charge is 0.383 e. The molecular weight excluding hydrogens is 234 g/mol. The molecule has 0 radical (unpaired) electrons. The van der Waals surface area contributed by atoms with Crippen molar-refractivity contribution >= 4 is 27.4 Å². The van der Waals surface area contributed by atoms with Crippen molar-refractivity contribution in [1.82, 2.24) is 9.97 Å². The van der Waals surface area contributed by atoms with E-state index in [1.54, 1.807) is 11.3 Å². The number of nitrogens with zero attached hydrogens (tertiary/aromatic N) is 2. The van der Waals surface area contributed by atoms with E-state index in [1.165, 1.54) is 4.88 Å². The van der Waals surface area contributed by atoms with Crippen LogP contribution in [0.3, 0.4) is 0 Å². The highest BCUT2D eigenvalue weighted by Gasteiger charge is 2.08. The zero-order valence-electron chi connectivity index (χ0n) is 10.2. The van der Waals surface area contributed by atoms with Crippen molar-refractivity contribution < 1.29 is 4.74 Å². The molecule has 0 saturated carbocycles. The molecule has 92 valence electrons. The lowest BCUT2D eigenvalue weighted by Gasteiger charge is -2.02. The summed E-state index contributed by atoms with van der Waals surface area (Å²) < 4.78 is 5.30. The molecule has 2 heterocycles. The van der Waals surface area contributed by atoms with Crippen molar-refractivity contribution in [3.8, 4) is 0 Å². The Balaban J connectivity index is 2.27. The van der Waals surface area contributed by atoms with Gasteiger partial charge in [-0.2, -0.15) is 0 Å². The Hall–Kier alpha value is -1.20. The summed E-state index contributed by atoms with van der Waals surface area (Å²) in [6.07, 6.45) is 1.72. The Morgan fingerprint density at radius 1 is 1.35 bits per heavy atom. The molecule has 4 nitrogen and oxygen atoms in total. The van der Waals surface area contributed by atoms with Gasteiger partial charge in [0.15, 0.2) is 0 Å². The third-order valence-electron chi connectivity index (χ3n) is 2.54. The third kappa shape index (κ3) is 2.73.